The lowest BCUT2D eigenvalue weighted by atomic mass is 9.69. The topological polar surface area (TPSA) is 43.4 Å². The normalized spacial score (nSPS) is 42.6. The van der Waals surface area contributed by atoms with Crippen molar-refractivity contribution in [1.82, 2.24) is 0 Å². The van der Waals surface area contributed by atoms with Crippen LogP contribution in [0.5, 0.6) is 5.75 Å². The van der Waals surface area contributed by atoms with E-state index in [2.05, 4.69) is 12.2 Å². The number of rotatable bonds is 3. The van der Waals surface area contributed by atoms with Gasteiger partial charge in [0.15, 0.2) is 0 Å². The van der Waals surface area contributed by atoms with Gasteiger partial charge in [-0.3, -0.25) is 9.59 Å². The summed E-state index contributed by atoms with van der Waals surface area (Å²) in [6.07, 6.45) is 5.02. The predicted octanol–water partition coefficient (Wildman–Crippen LogP) is 2.83. The average Bonchev–Trinajstić information content (AvgIpc) is 3.24. The number of carbonyl (C=O) groups is 2. The van der Waals surface area contributed by atoms with Crippen molar-refractivity contribution >= 4 is 11.6 Å². The van der Waals surface area contributed by atoms with Crippen LogP contribution in [-0.4, -0.2) is 18.2 Å². The molecule has 3 saturated carbocycles. The molecule has 7 atom stereocenters. The zero-order valence-electron chi connectivity index (χ0n) is 13.1. The Labute approximate surface area is 135 Å². The van der Waals surface area contributed by atoms with Crippen molar-refractivity contribution < 1.29 is 14.3 Å². The molecule has 23 heavy (non-hydrogen) atoms. The molecule has 0 N–H and O–H groups in total. The second kappa shape index (κ2) is 4.56. The fourth-order valence-electron chi connectivity index (χ4n) is 5.75. The molecule has 1 aromatic carbocycles. The van der Waals surface area contributed by atoms with E-state index in [-0.39, 0.29) is 35.5 Å². The van der Waals surface area contributed by atoms with Gasteiger partial charge >= 0.3 is 0 Å². The Morgan fingerprint density at radius 1 is 1.04 bits per heavy atom. The molecule has 0 radical (unpaired) electrons. The highest BCUT2D eigenvalue weighted by Crippen LogP contribution is 2.64. The first-order valence-electron chi connectivity index (χ1n) is 8.61. The Balaban J connectivity index is 1.37. The maximum atomic E-state index is 12.7. The predicted molar refractivity (Wildman–Crippen MR) is 84.9 cm³/mol. The first-order valence-corrected chi connectivity index (χ1v) is 8.61. The number of ether oxygens (including phenoxy) is 1. The standard InChI is InChI=1S/C20H20O3/c1-10-4-2-3-5-15(10)23-9-11-8-14-17-12-6-7-13(19(12)21)18(17)16(11)20(14)22/h2-7,11-14,16-18H,8-9H2,1H3. The Bertz CT molecular complexity index is 734. The molecule has 3 nitrogen and oxygen atoms in total. The summed E-state index contributed by atoms with van der Waals surface area (Å²) in [6.45, 7) is 2.63. The van der Waals surface area contributed by atoms with Gasteiger partial charge in [-0.15, -0.1) is 0 Å². The van der Waals surface area contributed by atoms with E-state index in [0.29, 0.717) is 24.1 Å². The molecular weight excluding hydrogens is 288 g/mol. The molecule has 0 heterocycles. The van der Waals surface area contributed by atoms with Crippen molar-refractivity contribution in [3.63, 3.8) is 0 Å². The van der Waals surface area contributed by atoms with Crippen LogP contribution in [0.25, 0.3) is 0 Å². The second-order valence-electron chi connectivity index (χ2n) is 7.60. The maximum Gasteiger partial charge on any atom is 0.147 e. The van der Waals surface area contributed by atoms with Crippen LogP contribution in [0.3, 0.4) is 0 Å². The van der Waals surface area contributed by atoms with Gasteiger partial charge in [-0.25, -0.2) is 0 Å². The summed E-state index contributed by atoms with van der Waals surface area (Å²) in [6, 6.07) is 8.00. The van der Waals surface area contributed by atoms with Gasteiger partial charge in [0.25, 0.3) is 0 Å². The van der Waals surface area contributed by atoms with Crippen LogP contribution in [0.15, 0.2) is 36.4 Å². The van der Waals surface area contributed by atoms with E-state index < -0.39 is 0 Å². The van der Waals surface area contributed by atoms with Crippen LogP contribution >= 0.6 is 0 Å². The van der Waals surface area contributed by atoms with Crippen molar-refractivity contribution in [2.24, 2.45) is 41.4 Å². The first kappa shape index (κ1) is 13.5. The number of carbonyl (C=O) groups excluding carboxylic acids is 2. The smallest absolute Gasteiger partial charge is 0.147 e. The fourth-order valence-corrected chi connectivity index (χ4v) is 5.75. The Kier molecular flexibility index (Phi) is 2.68. The summed E-state index contributed by atoms with van der Waals surface area (Å²) in [4.78, 5) is 25.0. The first-order chi connectivity index (χ1) is 11.2. The van der Waals surface area contributed by atoms with E-state index in [1.54, 1.807) is 0 Å². The van der Waals surface area contributed by atoms with Crippen molar-refractivity contribution in [1.29, 1.82) is 0 Å². The van der Waals surface area contributed by atoms with Crippen molar-refractivity contribution in [3.8, 4) is 5.75 Å². The number of fused-ring (bicyclic) bond motifs is 9. The Hall–Kier alpha value is -1.90. The molecule has 118 valence electrons. The largest absolute Gasteiger partial charge is 0.493 e. The van der Waals surface area contributed by atoms with Crippen LogP contribution in [0, 0.1) is 48.3 Å². The molecule has 0 saturated heterocycles. The van der Waals surface area contributed by atoms with Crippen molar-refractivity contribution in [2.75, 3.05) is 6.61 Å². The van der Waals surface area contributed by atoms with Crippen LogP contribution < -0.4 is 4.74 Å². The third-order valence-electron chi connectivity index (χ3n) is 6.64. The Morgan fingerprint density at radius 3 is 2.57 bits per heavy atom. The minimum atomic E-state index is 0.00483. The van der Waals surface area contributed by atoms with Crippen LogP contribution in [-0.2, 0) is 9.59 Å². The minimum absolute atomic E-state index is 0.00483. The van der Waals surface area contributed by atoms with E-state index in [4.69, 9.17) is 4.74 Å². The van der Waals surface area contributed by atoms with Crippen LogP contribution in [0.4, 0.5) is 0 Å². The molecule has 5 rings (SSSR count). The van der Waals surface area contributed by atoms with Gasteiger partial charge in [-0.05, 0) is 36.8 Å². The lowest BCUT2D eigenvalue weighted by molar-refractivity contribution is -0.125. The summed E-state index contributed by atoms with van der Waals surface area (Å²) in [5.74, 6) is 2.67. The number of benzene rings is 1. The third-order valence-corrected chi connectivity index (χ3v) is 6.64. The molecule has 0 amide bonds. The molecule has 4 aliphatic rings. The molecule has 0 spiro atoms. The van der Waals surface area contributed by atoms with Crippen LogP contribution in [0.2, 0.25) is 0 Å². The molecule has 3 fully saturated rings. The molecule has 0 aliphatic heterocycles. The van der Waals surface area contributed by atoms with E-state index in [0.717, 1.165) is 17.7 Å². The molecule has 0 aromatic heterocycles. The van der Waals surface area contributed by atoms with Gasteiger partial charge in [0.05, 0.1) is 6.61 Å². The van der Waals surface area contributed by atoms with E-state index >= 15 is 0 Å². The summed E-state index contributed by atoms with van der Waals surface area (Å²) < 4.78 is 6.02. The van der Waals surface area contributed by atoms with Crippen molar-refractivity contribution in [3.05, 3.63) is 42.0 Å². The summed E-state index contributed by atoms with van der Waals surface area (Å²) in [5, 5.41) is 0. The molecule has 3 heteroatoms. The molecule has 7 unspecified atom stereocenters. The lowest BCUT2D eigenvalue weighted by Gasteiger charge is -2.34. The highest BCUT2D eigenvalue weighted by Gasteiger charge is 2.68. The number of allylic oxidation sites excluding steroid dienone is 2. The zero-order chi connectivity index (χ0) is 15.7. The quantitative estimate of drug-likeness (QED) is 0.637. The van der Waals surface area contributed by atoms with Gasteiger partial charge in [0.1, 0.15) is 17.3 Å². The average molecular weight is 308 g/mol. The van der Waals surface area contributed by atoms with E-state index in [9.17, 15) is 9.59 Å². The van der Waals surface area contributed by atoms with Crippen molar-refractivity contribution in [2.45, 2.75) is 13.3 Å². The fraction of sp³-hybridized carbons (Fsp3) is 0.500. The molecule has 1 aromatic rings. The lowest BCUT2D eigenvalue weighted by Crippen LogP contribution is -2.33. The van der Waals surface area contributed by atoms with Gasteiger partial charge in [0.2, 0.25) is 0 Å². The highest BCUT2D eigenvalue weighted by molar-refractivity contribution is 5.98. The summed E-state index contributed by atoms with van der Waals surface area (Å²) in [7, 11) is 0. The maximum absolute atomic E-state index is 12.7. The SMILES string of the molecule is Cc1ccccc1OCC1CC2C(=O)C1C1C3C=CC(C3=O)C21. The Morgan fingerprint density at radius 2 is 1.78 bits per heavy atom. The van der Waals surface area contributed by atoms with Gasteiger partial charge in [-0.1, -0.05) is 30.4 Å². The number of hydrogen-bond acceptors (Lipinski definition) is 3. The third kappa shape index (κ3) is 1.65. The number of Topliss-reactive ketones (excluding diaryl/α,β-unsaturated/α-hetero) is 2. The second-order valence-corrected chi connectivity index (χ2v) is 7.60. The number of ketones is 2. The summed E-state index contributed by atoms with van der Waals surface area (Å²) >= 11 is 0. The molecule has 4 bridgehead atoms. The van der Waals surface area contributed by atoms with Crippen LogP contribution in [0.1, 0.15) is 12.0 Å². The molecule has 4 aliphatic carbocycles. The van der Waals surface area contributed by atoms with Gasteiger partial charge in [-0.2, -0.15) is 0 Å². The van der Waals surface area contributed by atoms with E-state index in [1.165, 1.54) is 0 Å². The number of para-hydroxylation sites is 1. The molecular formula is C20H20O3. The highest BCUT2D eigenvalue weighted by atomic mass is 16.5. The number of aryl methyl sites for hydroxylation is 1. The van der Waals surface area contributed by atoms with Gasteiger partial charge < -0.3 is 4.74 Å². The summed E-state index contributed by atoms with van der Waals surface area (Å²) in [5.41, 5.74) is 1.12. The van der Waals surface area contributed by atoms with Gasteiger partial charge in [0, 0.05) is 29.6 Å². The van der Waals surface area contributed by atoms with E-state index in [1.807, 2.05) is 31.2 Å². The monoisotopic (exact) mass is 308 g/mol. The number of hydrogen-bond donors (Lipinski definition) is 0. The zero-order valence-corrected chi connectivity index (χ0v) is 13.1. The minimum Gasteiger partial charge on any atom is -0.493 e.